The van der Waals surface area contributed by atoms with E-state index in [4.69, 9.17) is 0 Å². The lowest BCUT2D eigenvalue weighted by atomic mass is 9.94. The lowest BCUT2D eigenvalue weighted by Crippen LogP contribution is -2.55. The van der Waals surface area contributed by atoms with Crippen LogP contribution in [0.5, 0.6) is 0 Å². The Bertz CT molecular complexity index is 897. The van der Waals surface area contributed by atoms with Crippen molar-refractivity contribution in [3.05, 3.63) is 66.0 Å². The first-order valence-corrected chi connectivity index (χ1v) is 11.0. The molecule has 0 fully saturated rings. The molecule has 28 heavy (non-hydrogen) atoms. The standard InChI is InChI=1S/C21H27FN2O3S/c1-5-19(24(28(4,26)27)18-13-11-17(22)12-14-18)20(25)23-21(2,3)15-16-9-7-6-8-10-16/h6-14,19H,5,15H2,1-4H3,(H,23,25)/t19-/m1/s1. The van der Waals surface area contributed by atoms with E-state index in [0.29, 0.717) is 6.42 Å². The third kappa shape index (κ3) is 5.79. The zero-order valence-corrected chi connectivity index (χ0v) is 17.5. The number of benzene rings is 2. The Morgan fingerprint density at radius 3 is 2.18 bits per heavy atom. The molecule has 0 aliphatic carbocycles. The van der Waals surface area contributed by atoms with Crippen molar-refractivity contribution in [2.75, 3.05) is 10.6 Å². The maximum Gasteiger partial charge on any atom is 0.244 e. The van der Waals surface area contributed by atoms with Crippen LogP contribution in [0.1, 0.15) is 32.8 Å². The predicted octanol–water partition coefficient (Wildman–Crippen LogP) is 3.51. The topological polar surface area (TPSA) is 66.5 Å². The summed E-state index contributed by atoms with van der Waals surface area (Å²) in [5, 5.41) is 2.97. The van der Waals surface area contributed by atoms with E-state index in [-0.39, 0.29) is 12.1 Å². The number of carbonyl (C=O) groups excluding carboxylic acids is 1. The minimum Gasteiger partial charge on any atom is -0.349 e. The van der Waals surface area contributed by atoms with Gasteiger partial charge in [0.2, 0.25) is 15.9 Å². The number of hydrogen-bond acceptors (Lipinski definition) is 3. The van der Waals surface area contributed by atoms with Gasteiger partial charge in [-0.3, -0.25) is 9.10 Å². The minimum absolute atomic E-state index is 0.256. The van der Waals surface area contributed by atoms with Crippen LogP contribution in [-0.4, -0.2) is 32.2 Å². The highest BCUT2D eigenvalue weighted by atomic mass is 32.2. The van der Waals surface area contributed by atoms with Crippen LogP contribution in [0.15, 0.2) is 54.6 Å². The van der Waals surface area contributed by atoms with Gasteiger partial charge in [-0.1, -0.05) is 37.3 Å². The predicted molar refractivity (Wildman–Crippen MR) is 110 cm³/mol. The second-order valence-corrected chi connectivity index (χ2v) is 9.35. The molecule has 152 valence electrons. The molecule has 2 aromatic carbocycles. The Morgan fingerprint density at radius 1 is 1.11 bits per heavy atom. The molecule has 1 amide bonds. The van der Waals surface area contributed by atoms with Crippen molar-refractivity contribution in [2.24, 2.45) is 0 Å². The van der Waals surface area contributed by atoms with Crippen molar-refractivity contribution < 1.29 is 17.6 Å². The highest BCUT2D eigenvalue weighted by Crippen LogP contribution is 2.23. The Hall–Kier alpha value is -2.41. The second kappa shape index (κ2) is 8.73. The first kappa shape index (κ1) is 21.9. The van der Waals surface area contributed by atoms with Crippen molar-refractivity contribution in [1.29, 1.82) is 0 Å². The quantitative estimate of drug-likeness (QED) is 0.730. The van der Waals surface area contributed by atoms with Gasteiger partial charge in [0.05, 0.1) is 11.9 Å². The van der Waals surface area contributed by atoms with Crippen LogP contribution in [0, 0.1) is 5.82 Å². The van der Waals surface area contributed by atoms with Crippen LogP contribution in [0.3, 0.4) is 0 Å². The molecular formula is C21H27FN2O3S. The second-order valence-electron chi connectivity index (χ2n) is 7.49. The van der Waals surface area contributed by atoms with Crippen LogP contribution in [-0.2, 0) is 21.2 Å². The lowest BCUT2D eigenvalue weighted by Gasteiger charge is -2.34. The van der Waals surface area contributed by atoms with Crippen LogP contribution in [0.2, 0.25) is 0 Å². The molecule has 0 spiro atoms. The van der Waals surface area contributed by atoms with Gasteiger partial charge in [0.25, 0.3) is 0 Å². The molecule has 2 aromatic rings. The Balaban J connectivity index is 2.27. The van der Waals surface area contributed by atoms with Gasteiger partial charge in [0.1, 0.15) is 11.9 Å². The normalized spacial score (nSPS) is 13.0. The van der Waals surface area contributed by atoms with Crippen LogP contribution >= 0.6 is 0 Å². The highest BCUT2D eigenvalue weighted by Gasteiger charge is 2.34. The number of hydrogen-bond donors (Lipinski definition) is 1. The van der Waals surface area contributed by atoms with E-state index in [1.54, 1.807) is 6.92 Å². The molecule has 0 unspecified atom stereocenters. The van der Waals surface area contributed by atoms with Gasteiger partial charge in [-0.25, -0.2) is 12.8 Å². The minimum atomic E-state index is -3.75. The summed E-state index contributed by atoms with van der Waals surface area (Å²) in [6.07, 6.45) is 1.92. The number of rotatable bonds is 8. The van der Waals surface area contributed by atoms with Gasteiger partial charge in [0, 0.05) is 5.54 Å². The molecule has 0 radical (unpaired) electrons. The summed E-state index contributed by atoms with van der Waals surface area (Å²) in [6.45, 7) is 5.54. The van der Waals surface area contributed by atoms with E-state index >= 15 is 0 Å². The molecule has 1 N–H and O–H groups in total. The van der Waals surface area contributed by atoms with E-state index in [1.165, 1.54) is 24.3 Å². The molecule has 2 rings (SSSR count). The van der Waals surface area contributed by atoms with Crippen LogP contribution < -0.4 is 9.62 Å². The van der Waals surface area contributed by atoms with Crippen LogP contribution in [0.25, 0.3) is 0 Å². The number of nitrogens with one attached hydrogen (secondary N) is 1. The van der Waals surface area contributed by atoms with Gasteiger partial charge in [0.15, 0.2) is 0 Å². The van der Waals surface area contributed by atoms with Crippen molar-refractivity contribution in [3.8, 4) is 0 Å². The van der Waals surface area contributed by atoms with Crippen molar-refractivity contribution >= 4 is 21.6 Å². The smallest absolute Gasteiger partial charge is 0.244 e. The molecule has 0 heterocycles. The third-order valence-corrected chi connectivity index (χ3v) is 5.54. The van der Waals surface area contributed by atoms with Crippen molar-refractivity contribution in [2.45, 2.75) is 45.2 Å². The summed E-state index contributed by atoms with van der Waals surface area (Å²) >= 11 is 0. The first-order valence-electron chi connectivity index (χ1n) is 9.14. The van der Waals surface area contributed by atoms with E-state index in [0.717, 1.165) is 16.1 Å². The number of amides is 1. The monoisotopic (exact) mass is 406 g/mol. The first-order chi connectivity index (χ1) is 13.0. The Morgan fingerprint density at radius 2 is 1.68 bits per heavy atom. The lowest BCUT2D eigenvalue weighted by molar-refractivity contribution is -0.123. The fourth-order valence-electron chi connectivity index (χ4n) is 3.22. The molecule has 7 heteroatoms. The Labute approximate surface area is 166 Å². The number of halogens is 1. The average molecular weight is 407 g/mol. The van der Waals surface area contributed by atoms with Crippen molar-refractivity contribution in [3.63, 3.8) is 0 Å². The maximum absolute atomic E-state index is 13.3. The van der Waals surface area contributed by atoms with E-state index in [9.17, 15) is 17.6 Å². The number of nitrogens with zero attached hydrogens (tertiary/aromatic N) is 1. The zero-order chi connectivity index (χ0) is 20.9. The third-order valence-electron chi connectivity index (χ3n) is 4.36. The molecule has 1 atom stereocenters. The fraction of sp³-hybridized carbons (Fsp3) is 0.381. The molecule has 0 aliphatic rings. The summed E-state index contributed by atoms with van der Waals surface area (Å²) in [4.78, 5) is 13.0. The summed E-state index contributed by atoms with van der Waals surface area (Å²) in [7, 11) is -3.75. The maximum atomic E-state index is 13.3. The largest absolute Gasteiger partial charge is 0.349 e. The summed E-state index contributed by atoms with van der Waals surface area (Å²) in [5.74, 6) is -0.864. The van der Waals surface area contributed by atoms with Crippen molar-refractivity contribution in [1.82, 2.24) is 5.32 Å². The summed E-state index contributed by atoms with van der Waals surface area (Å²) in [5.41, 5.74) is 0.754. The van der Waals surface area contributed by atoms with E-state index in [1.807, 2.05) is 44.2 Å². The van der Waals surface area contributed by atoms with E-state index < -0.39 is 33.3 Å². The van der Waals surface area contributed by atoms with Gasteiger partial charge in [-0.05, 0) is 56.5 Å². The molecule has 5 nitrogen and oxygen atoms in total. The SMILES string of the molecule is CC[C@H](C(=O)NC(C)(C)Cc1ccccc1)N(c1ccc(F)cc1)S(C)(=O)=O. The molecular weight excluding hydrogens is 379 g/mol. The molecule has 0 bridgehead atoms. The summed E-state index contributed by atoms with van der Waals surface area (Å²) < 4.78 is 39.2. The van der Waals surface area contributed by atoms with E-state index in [2.05, 4.69) is 5.32 Å². The van der Waals surface area contributed by atoms with Gasteiger partial charge in [-0.2, -0.15) is 0 Å². The number of anilines is 1. The fourth-order valence-corrected chi connectivity index (χ4v) is 4.43. The number of sulfonamides is 1. The van der Waals surface area contributed by atoms with Gasteiger partial charge in [-0.15, -0.1) is 0 Å². The molecule has 0 saturated carbocycles. The molecule has 0 aliphatic heterocycles. The van der Waals surface area contributed by atoms with Gasteiger partial charge < -0.3 is 5.32 Å². The summed E-state index contributed by atoms with van der Waals surface area (Å²) in [6, 6.07) is 13.9. The van der Waals surface area contributed by atoms with Gasteiger partial charge >= 0.3 is 0 Å². The molecule has 0 aromatic heterocycles. The zero-order valence-electron chi connectivity index (χ0n) is 16.6. The average Bonchev–Trinajstić information content (AvgIpc) is 2.59. The molecule has 0 saturated heterocycles. The number of carbonyl (C=O) groups is 1. The van der Waals surface area contributed by atoms with Crippen LogP contribution in [0.4, 0.5) is 10.1 Å². The Kier molecular flexibility index (Phi) is 6.82. The highest BCUT2D eigenvalue weighted by molar-refractivity contribution is 7.92.